The number of carbonyl (C=O) groups excluding carboxylic acids is 1. The molecule has 0 bridgehead atoms. The van der Waals surface area contributed by atoms with Gasteiger partial charge in [-0.2, -0.15) is 0 Å². The van der Waals surface area contributed by atoms with Gasteiger partial charge in [-0.05, 0) is 73.2 Å². The topological polar surface area (TPSA) is 123 Å². The van der Waals surface area contributed by atoms with Crippen molar-refractivity contribution in [2.45, 2.75) is 25.2 Å². The summed E-state index contributed by atoms with van der Waals surface area (Å²) in [6.07, 6.45) is 0.702. The zero-order valence-electron chi connectivity index (χ0n) is 24.7. The lowest BCUT2D eigenvalue weighted by Crippen LogP contribution is -2.30. The molecule has 10 heteroatoms. The van der Waals surface area contributed by atoms with Gasteiger partial charge in [0, 0.05) is 23.0 Å². The summed E-state index contributed by atoms with van der Waals surface area (Å²) in [6, 6.07) is 28.3. The number of phenols is 1. The Morgan fingerprint density at radius 3 is 2.20 bits per heavy atom. The van der Waals surface area contributed by atoms with Gasteiger partial charge < -0.3 is 15.3 Å². The van der Waals surface area contributed by atoms with Crippen LogP contribution in [0.4, 0.5) is 17.1 Å². The number of azo groups is 1. The third kappa shape index (κ3) is 6.94. The number of sulfonamides is 1. The summed E-state index contributed by atoms with van der Waals surface area (Å²) in [6.45, 7) is 7.14. The zero-order chi connectivity index (χ0) is 31.1. The monoisotopic (exact) mass is 609 g/mol. The molecular weight excluding hydrogens is 574 g/mol. The SMILES string of the molecule is CCN(CC)CCCNS(=O)(=O)c1ccc(NC(=O)c2cc3ccccc3c(N=Nc3cccc4ccccc34)c2O)cc1. The normalized spacial score (nSPS) is 12.0. The van der Waals surface area contributed by atoms with Crippen molar-refractivity contribution in [3.63, 3.8) is 0 Å². The molecule has 5 rings (SSSR count). The molecule has 9 nitrogen and oxygen atoms in total. The molecule has 0 fully saturated rings. The predicted molar refractivity (Wildman–Crippen MR) is 176 cm³/mol. The molecule has 0 aliphatic heterocycles. The Morgan fingerprint density at radius 2 is 1.48 bits per heavy atom. The first-order valence-corrected chi connectivity index (χ1v) is 16.1. The van der Waals surface area contributed by atoms with Gasteiger partial charge in [0.1, 0.15) is 5.69 Å². The van der Waals surface area contributed by atoms with E-state index in [4.69, 9.17) is 0 Å². The Labute approximate surface area is 257 Å². The second kappa shape index (κ2) is 13.8. The molecule has 0 aliphatic rings. The molecule has 3 N–H and O–H groups in total. The van der Waals surface area contributed by atoms with Crippen molar-refractivity contribution in [1.29, 1.82) is 0 Å². The Hall–Kier alpha value is -4.64. The maximum Gasteiger partial charge on any atom is 0.259 e. The minimum atomic E-state index is -3.69. The Balaban J connectivity index is 1.35. The molecule has 0 aliphatic carbocycles. The van der Waals surface area contributed by atoms with E-state index in [-0.39, 0.29) is 21.9 Å². The van der Waals surface area contributed by atoms with Crippen LogP contribution >= 0.6 is 0 Å². The highest BCUT2D eigenvalue weighted by molar-refractivity contribution is 7.89. The lowest BCUT2D eigenvalue weighted by Gasteiger charge is -2.17. The van der Waals surface area contributed by atoms with E-state index in [0.717, 1.165) is 30.4 Å². The van der Waals surface area contributed by atoms with Crippen molar-refractivity contribution in [1.82, 2.24) is 9.62 Å². The van der Waals surface area contributed by atoms with E-state index >= 15 is 0 Å². The second-order valence-corrected chi connectivity index (χ2v) is 12.1. The summed E-state index contributed by atoms with van der Waals surface area (Å²) in [4.78, 5) is 15.7. The minimum Gasteiger partial charge on any atom is -0.505 e. The smallest absolute Gasteiger partial charge is 0.259 e. The average molecular weight is 610 g/mol. The molecule has 44 heavy (non-hydrogen) atoms. The highest BCUT2D eigenvalue weighted by Crippen LogP contribution is 2.40. The number of rotatable bonds is 12. The van der Waals surface area contributed by atoms with Crippen LogP contribution in [0.15, 0.2) is 112 Å². The van der Waals surface area contributed by atoms with Crippen molar-refractivity contribution in [2.24, 2.45) is 10.2 Å². The maximum atomic E-state index is 13.4. The molecule has 0 radical (unpaired) electrons. The number of hydrogen-bond acceptors (Lipinski definition) is 7. The fourth-order valence-corrected chi connectivity index (χ4v) is 6.11. The largest absolute Gasteiger partial charge is 0.505 e. The first kappa shape index (κ1) is 30.8. The molecule has 1 amide bonds. The second-order valence-electron chi connectivity index (χ2n) is 10.3. The molecule has 0 aromatic heterocycles. The van der Waals surface area contributed by atoms with Gasteiger partial charge in [-0.1, -0.05) is 74.5 Å². The van der Waals surface area contributed by atoms with Gasteiger partial charge in [0.2, 0.25) is 10.0 Å². The van der Waals surface area contributed by atoms with Crippen LogP contribution in [0, 0.1) is 0 Å². The number of benzene rings is 5. The van der Waals surface area contributed by atoms with Gasteiger partial charge >= 0.3 is 0 Å². The van der Waals surface area contributed by atoms with Gasteiger partial charge in [0.25, 0.3) is 5.91 Å². The number of amides is 1. The number of carbonyl (C=O) groups is 1. The van der Waals surface area contributed by atoms with Gasteiger partial charge in [-0.3, -0.25) is 4.79 Å². The molecular formula is C34H35N5O4S. The summed E-state index contributed by atoms with van der Waals surface area (Å²) in [5.74, 6) is -0.877. The molecule has 0 spiro atoms. The van der Waals surface area contributed by atoms with E-state index in [1.54, 1.807) is 6.07 Å². The predicted octanol–water partition coefficient (Wildman–Crippen LogP) is 7.38. The molecule has 226 valence electrons. The molecule has 0 unspecified atom stereocenters. The van der Waals surface area contributed by atoms with Crippen molar-refractivity contribution in [3.05, 3.63) is 103 Å². The quantitative estimate of drug-likeness (QED) is 0.101. The number of hydrogen-bond donors (Lipinski definition) is 3. The fraction of sp³-hybridized carbons (Fsp3) is 0.206. The van der Waals surface area contributed by atoms with Crippen LogP contribution in [-0.2, 0) is 10.0 Å². The van der Waals surface area contributed by atoms with Gasteiger partial charge in [0.05, 0.1) is 16.1 Å². The first-order valence-electron chi connectivity index (χ1n) is 14.6. The molecule has 0 atom stereocenters. The average Bonchev–Trinajstić information content (AvgIpc) is 3.04. The fourth-order valence-electron chi connectivity index (χ4n) is 5.04. The van der Waals surface area contributed by atoms with Gasteiger partial charge in [-0.25, -0.2) is 13.1 Å². The summed E-state index contributed by atoms with van der Waals surface area (Å²) in [7, 11) is -3.69. The van der Waals surface area contributed by atoms with Crippen LogP contribution in [0.25, 0.3) is 21.5 Å². The first-order chi connectivity index (χ1) is 21.3. The lowest BCUT2D eigenvalue weighted by atomic mass is 10.0. The summed E-state index contributed by atoms with van der Waals surface area (Å²) in [5.41, 5.74) is 1.20. The molecule has 0 saturated carbocycles. The van der Waals surface area contributed by atoms with Crippen LogP contribution in [0.3, 0.4) is 0 Å². The highest BCUT2D eigenvalue weighted by Gasteiger charge is 2.19. The minimum absolute atomic E-state index is 0.0159. The van der Waals surface area contributed by atoms with Crippen LogP contribution in [-0.4, -0.2) is 50.5 Å². The van der Waals surface area contributed by atoms with Gasteiger partial charge in [-0.15, -0.1) is 10.2 Å². The number of aromatic hydroxyl groups is 1. The van der Waals surface area contributed by atoms with Crippen LogP contribution in [0.5, 0.6) is 5.75 Å². The Kier molecular flexibility index (Phi) is 9.64. The number of fused-ring (bicyclic) bond motifs is 2. The number of anilines is 1. The third-order valence-electron chi connectivity index (χ3n) is 7.52. The molecule has 5 aromatic carbocycles. The van der Waals surface area contributed by atoms with E-state index < -0.39 is 15.9 Å². The van der Waals surface area contributed by atoms with E-state index in [2.05, 4.69) is 39.0 Å². The number of nitrogens with zero attached hydrogens (tertiary/aromatic N) is 3. The Bertz CT molecular complexity index is 1920. The van der Waals surface area contributed by atoms with Crippen LogP contribution < -0.4 is 10.0 Å². The van der Waals surface area contributed by atoms with E-state index in [9.17, 15) is 18.3 Å². The number of phenolic OH excluding ortho intramolecular Hbond substituents is 1. The Morgan fingerprint density at radius 1 is 0.818 bits per heavy atom. The molecule has 0 heterocycles. The zero-order valence-corrected chi connectivity index (χ0v) is 25.5. The van der Waals surface area contributed by atoms with Crippen molar-refractivity contribution in [2.75, 3.05) is 31.5 Å². The van der Waals surface area contributed by atoms with Crippen LogP contribution in [0.2, 0.25) is 0 Å². The standard InChI is InChI=1S/C34H35N5O4S/c1-3-39(4-2)22-10-21-35-44(42,43)27-19-17-26(18-20-27)36-34(41)30-23-25-12-6-8-15-29(25)32(33(30)40)38-37-31-16-9-13-24-11-5-7-14-28(24)31/h5-9,11-20,23,35,40H,3-4,10,21-22H2,1-2H3,(H,36,41). The third-order valence-corrected chi connectivity index (χ3v) is 9.00. The van der Waals surface area contributed by atoms with E-state index in [1.807, 2.05) is 66.7 Å². The van der Waals surface area contributed by atoms with Crippen molar-refractivity contribution in [3.8, 4) is 5.75 Å². The van der Waals surface area contributed by atoms with Crippen LogP contribution in [0.1, 0.15) is 30.6 Å². The number of nitrogens with one attached hydrogen (secondary N) is 2. The van der Waals surface area contributed by atoms with E-state index in [1.165, 1.54) is 24.3 Å². The van der Waals surface area contributed by atoms with Crippen molar-refractivity contribution >= 4 is 54.5 Å². The summed E-state index contributed by atoms with van der Waals surface area (Å²) < 4.78 is 28.1. The summed E-state index contributed by atoms with van der Waals surface area (Å²) in [5, 5.41) is 26.1. The molecule has 0 saturated heterocycles. The van der Waals surface area contributed by atoms with Crippen molar-refractivity contribution < 1.29 is 18.3 Å². The van der Waals surface area contributed by atoms with E-state index in [0.29, 0.717) is 35.1 Å². The summed E-state index contributed by atoms with van der Waals surface area (Å²) >= 11 is 0. The lowest BCUT2D eigenvalue weighted by molar-refractivity contribution is 0.102. The highest BCUT2D eigenvalue weighted by atomic mass is 32.2. The van der Waals surface area contributed by atoms with Gasteiger partial charge in [0.15, 0.2) is 5.75 Å². The molecule has 5 aromatic rings. The maximum absolute atomic E-state index is 13.4.